The van der Waals surface area contributed by atoms with Crippen molar-refractivity contribution < 1.29 is 0 Å². The summed E-state index contributed by atoms with van der Waals surface area (Å²) in [5, 5.41) is 2.72. The molecular weight excluding hydrogens is 247 g/mol. The van der Waals surface area contributed by atoms with E-state index in [9.17, 15) is 0 Å². The fourth-order valence-corrected chi connectivity index (χ4v) is 8.42. The van der Waals surface area contributed by atoms with E-state index < -0.39 is 5.96 Å². The first kappa shape index (κ1) is 11.3. The van der Waals surface area contributed by atoms with Crippen LogP contribution >= 0.6 is 17.2 Å². The van der Waals surface area contributed by atoms with Gasteiger partial charge in [-0.1, -0.05) is 0 Å². The molecule has 1 fully saturated rings. The Bertz CT molecular complexity index is 474. The molecule has 0 atom stereocenters. The van der Waals surface area contributed by atoms with Crippen molar-refractivity contribution in [2.75, 3.05) is 12.3 Å². The second-order valence-corrected chi connectivity index (χ2v) is 12.0. The van der Waals surface area contributed by atoms with Crippen LogP contribution in [0.4, 0.5) is 0 Å². The molecule has 2 aromatic carbocycles. The molecule has 0 spiro atoms. The molecule has 0 amide bonds. The summed E-state index contributed by atoms with van der Waals surface area (Å²) in [6, 6.07) is 21.4. The fourth-order valence-electron chi connectivity index (χ4n) is 2.80. The summed E-state index contributed by atoms with van der Waals surface area (Å²) in [5.41, 5.74) is 0. The van der Waals surface area contributed by atoms with Crippen LogP contribution in [0, 0.1) is 0 Å². The quantitative estimate of drug-likeness (QED) is 0.723. The summed E-state index contributed by atoms with van der Waals surface area (Å²) in [4.78, 5) is 0. The third-order valence-electron chi connectivity index (χ3n) is 3.94. The zero-order chi connectivity index (χ0) is 11.8. The number of rotatable bonds is 2. The van der Waals surface area contributed by atoms with E-state index in [2.05, 4.69) is 60.7 Å². The average Bonchev–Trinajstić information content (AvgIpc) is 2.38. The van der Waals surface area contributed by atoms with E-state index in [0.29, 0.717) is 0 Å². The first-order valence-corrected chi connectivity index (χ1v) is 9.58. The van der Waals surface area contributed by atoms with Crippen molar-refractivity contribution in [3.8, 4) is 0 Å². The molecular formula is C15H16ClP. The van der Waals surface area contributed by atoms with Gasteiger partial charge in [-0.05, 0) is 0 Å². The summed E-state index contributed by atoms with van der Waals surface area (Å²) in [5.74, 6) is -2.31. The van der Waals surface area contributed by atoms with Crippen LogP contribution in [-0.2, 0) is 0 Å². The average molecular weight is 263 g/mol. The minimum absolute atomic E-state index is 1.15. The molecule has 88 valence electrons. The zero-order valence-electron chi connectivity index (χ0n) is 9.72. The van der Waals surface area contributed by atoms with Crippen LogP contribution in [0.5, 0.6) is 0 Å². The van der Waals surface area contributed by atoms with Crippen molar-refractivity contribution in [1.29, 1.82) is 0 Å². The van der Waals surface area contributed by atoms with Gasteiger partial charge >= 0.3 is 107 Å². The molecule has 1 saturated heterocycles. The van der Waals surface area contributed by atoms with E-state index in [4.69, 9.17) is 11.2 Å². The van der Waals surface area contributed by atoms with Crippen LogP contribution in [0.2, 0.25) is 0 Å². The van der Waals surface area contributed by atoms with Crippen LogP contribution in [0.25, 0.3) is 0 Å². The van der Waals surface area contributed by atoms with Gasteiger partial charge in [-0.25, -0.2) is 0 Å². The first-order valence-electron chi connectivity index (χ1n) is 6.07. The van der Waals surface area contributed by atoms with Gasteiger partial charge in [0.05, 0.1) is 0 Å². The molecule has 2 heteroatoms. The van der Waals surface area contributed by atoms with Crippen LogP contribution in [0.1, 0.15) is 6.42 Å². The van der Waals surface area contributed by atoms with Gasteiger partial charge in [-0.2, -0.15) is 0 Å². The van der Waals surface area contributed by atoms with Gasteiger partial charge in [-0.15, -0.1) is 0 Å². The second-order valence-electron chi connectivity index (χ2n) is 4.85. The Morgan fingerprint density at radius 2 is 1.12 bits per heavy atom. The van der Waals surface area contributed by atoms with Gasteiger partial charge in [0.15, 0.2) is 0 Å². The number of halogens is 1. The van der Waals surface area contributed by atoms with Gasteiger partial charge in [0.2, 0.25) is 0 Å². The molecule has 0 unspecified atom stereocenters. The third kappa shape index (κ3) is 1.55. The molecule has 2 aromatic rings. The number of hydrogen-bond donors (Lipinski definition) is 0. The zero-order valence-corrected chi connectivity index (χ0v) is 11.4. The second kappa shape index (κ2) is 3.83. The summed E-state index contributed by atoms with van der Waals surface area (Å²) >= 11 is 7.25. The predicted molar refractivity (Wildman–Crippen MR) is 79.3 cm³/mol. The van der Waals surface area contributed by atoms with Gasteiger partial charge in [0.25, 0.3) is 0 Å². The van der Waals surface area contributed by atoms with Crippen molar-refractivity contribution in [2.45, 2.75) is 6.42 Å². The Morgan fingerprint density at radius 1 is 0.706 bits per heavy atom. The number of benzene rings is 2. The molecule has 17 heavy (non-hydrogen) atoms. The van der Waals surface area contributed by atoms with Crippen LogP contribution < -0.4 is 10.6 Å². The molecule has 1 aliphatic heterocycles. The molecule has 0 aliphatic carbocycles. The van der Waals surface area contributed by atoms with Crippen molar-refractivity contribution in [1.82, 2.24) is 0 Å². The fraction of sp³-hybridized carbons (Fsp3) is 0.200. The molecule has 1 aliphatic rings. The third-order valence-corrected chi connectivity index (χ3v) is 11.6. The Labute approximate surface area is 107 Å². The van der Waals surface area contributed by atoms with Crippen molar-refractivity contribution in [3.63, 3.8) is 0 Å². The van der Waals surface area contributed by atoms with E-state index in [1.165, 1.54) is 17.0 Å². The maximum atomic E-state index is 7.25. The SMILES string of the molecule is ClP1(c2ccccc2)(c2ccccc2)CCC1. The maximum absolute atomic E-state index is 7.25. The molecule has 1 heterocycles. The standard InChI is InChI=1S/C15H16ClP/c16-17(12-7-13-17,14-8-3-1-4-9-14)15-10-5-2-6-11-15/h1-6,8-11H,7,12-13H2. The van der Waals surface area contributed by atoms with Crippen LogP contribution in [0.3, 0.4) is 0 Å². The molecule has 0 bridgehead atoms. The number of hydrogen-bond acceptors (Lipinski definition) is 0. The summed E-state index contributed by atoms with van der Waals surface area (Å²) in [6.45, 7) is 0. The van der Waals surface area contributed by atoms with Crippen molar-refractivity contribution >= 4 is 27.8 Å². The van der Waals surface area contributed by atoms with Crippen molar-refractivity contribution in [3.05, 3.63) is 60.7 Å². The van der Waals surface area contributed by atoms with Crippen molar-refractivity contribution in [2.24, 2.45) is 0 Å². The van der Waals surface area contributed by atoms with E-state index in [1.54, 1.807) is 0 Å². The van der Waals surface area contributed by atoms with Gasteiger partial charge in [-0.3, -0.25) is 0 Å². The molecule has 0 nitrogen and oxygen atoms in total. The van der Waals surface area contributed by atoms with Crippen LogP contribution in [0.15, 0.2) is 60.7 Å². The molecule has 3 rings (SSSR count). The Morgan fingerprint density at radius 3 is 1.41 bits per heavy atom. The van der Waals surface area contributed by atoms with Gasteiger partial charge < -0.3 is 0 Å². The Hall–Kier alpha value is -0.840. The predicted octanol–water partition coefficient (Wildman–Crippen LogP) is 3.75. The van der Waals surface area contributed by atoms with E-state index >= 15 is 0 Å². The van der Waals surface area contributed by atoms with Crippen LogP contribution in [-0.4, -0.2) is 12.3 Å². The molecule has 0 radical (unpaired) electrons. The monoisotopic (exact) mass is 262 g/mol. The van der Waals surface area contributed by atoms with E-state index in [-0.39, 0.29) is 0 Å². The van der Waals surface area contributed by atoms with E-state index in [1.807, 2.05) is 0 Å². The Kier molecular flexibility index (Phi) is 2.54. The summed E-state index contributed by atoms with van der Waals surface area (Å²) in [6.07, 6.45) is 3.56. The minimum atomic E-state index is -2.31. The van der Waals surface area contributed by atoms with E-state index in [0.717, 1.165) is 12.3 Å². The topological polar surface area (TPSA) is 0 Å². The van der Waals surface area contributed by atoms with Gasteiger partial charge in [0.1, 0.15) is 0 Å². The van der Waals surface area contributed by atoms with Gasteiger partial charge in [0, 0.05) is 0 Å². The summed E-state index contributed by atoms with van der Waals surface area (Å²) in [7, 11) is 0. The Balaban J connectivity index is 2.20. The molecule has 0 N–H and O–H groups in total. The normalized spacial score (nSPS) is 23.0. The molecule has 0 saturated carbocycles. The summed E-state index contributed by atoms with van der Waals surface area (Å²) < 4.78 is 0. The molecule has 0 aromatic heterocycles. The first-order chi connectivity index (χ1) is 8.23.